The van der Waals surface area contributed by atoms with Crippen LogP contribution in [0.25, 0.3) is 0 Å². The van der Waals surface area contributed by atoms with Crippen LogP contribution in [0.2, 0.25) is 0 Å². The van der Waals surface area contributed by atoms with Gasteiger partial charge in [0.15, 0.2) is 0 Å². The van der Waals surface area contributed by atoms with Crippen LogP contribution in [-0.2, 0) is 11.3 Å². The molecular formula is C14H19N5O2. The Kier molecular flexibility index (Phi) is 3.34. The SMILES string of the molecule is c1cnn(CC2CN(c3nnc(C4CC4)o3)CCCO2)c1. The number of hydrogen-bond acceptors (Lipinski definition) is 6. The molecule has 2 aliphatic rings. The van der Waals surface area contributed by atoms with Gasteiger partial charge in [-0.1, -0.05) is 5.10 Å². The van der Waals surface area contributed by atoms with Crippen LogP contribution in [0.3, 0.4) is 0 Å². The molecule has 1 saturated carbocycles. The predicted octanol–water partition coefficient (Wildman–Crippen LogP) is 1.44. The van der Waals surface area contributed by atoms with E-state index in [0.717, 1.165) is 38.6 Å². The lowest BCUT2D eigenvalue weighted by Crippen LogP contribution is -2.34. The number of hydrogen-bond donors (Lipinski definition) is 0. The van der Waals surface area contributed by atoms with E-state index in [0.29, 0.717) is 11.9 Å². The zero-order chi connectivity index (χ0) is 14.1. The van der Waals surface area contributed by atoms with Crippen molar-refractivity contribution in [1.29, 1.82) is 0 Å². The quantitative estimate of drug-likeness (QED) is 0.848. The third-order valence-corrected chi connectivity index (χ3v) is 3.93. The highest BCUT2D eigenvalue weighted by Gasteiger charge is 2.31. The Morgan fingerprint density at radius 3 is 3.05 bits per heavy atom. The van der Waals surface area contributed by atoms with E-state index >= 15 is 0 Å². The molecule has 1 saturated heterocycles. The van der Waals surface area contributed by atoms with Gasteiger partial charge in [-0.15, -0.1) is 5.10 Å². The second-order valence-corrected chi connectivity index (χ2v) is 5.72. The molecule has 21 heavy (non-hydrogen) atoms. The molecule has 7 nitrogen and oxygen atoms in total. The summed E-state index contributed by atoms with van der Waals surface area (Å²) in [6, 6.07) is 2.56. The van der Waals surface area contributed by atoms with Crippen LogP contribution in [0.4, 0.5) is 6.01 Å². The Morgan fingerprint density at radius 2 is 2.24 bits per heavy atom. The molecule has 1 aliphatic carbocycles. The summed E-state index contributed by atoms with van der Waals surface area (Å²) in [7, 11) is 0. The Balaban J connectivity index is 1.45. The number of ether oxygens (including phenoxy) is 1. The van der Waals surface area contributed by atoms with Gasteiger partial charge in [0.25, 0.3) is 0 Å². The van der Waals surface area contributed by atoms with Gasteiger partial charge in [0.05, 0.1) is 19.2 Å². The number of anilines is 1. The maximum atomic E-state index is 5.90. The van der Waals surface area contributed by atoms with Gasteiger partial charge in [0.2, 0.25) is 5.89 Å². The van der Waals surface area contributed by atoms with Gasteiger partial charge in [-0.3, -0.25) is 4.68 Å². The lowest BCUT2D eigenvalue weighted by atomic mass is 10.3. The fraction of sp³-hybridized carbons (Fsp3) is 0.643. The molecule has 1 aliphatic heterocycles. The topological polar surface area (TPSA) is 69.2 Å². The summed E-state index contributed by atoms with van der Waals surface area (Å²) in [6.07, 6.45) is 7.14. The van der Waals surface area contributed by atoms with Gasteiger partial charge in [0, 0.05) is 31.5 Å². The van der Waals surface area contributed by atoms with Crippen molar-refractivity contribution in [3.05, 3.63) is 24.4 Å². The normalized spacial score (nSPS) is 23.2. The van der Waals surface area contributed by atoms with Gasteiger partial charge >= 0.3 is 6.01 Å². The monoisotopic (exact) mass is 289 g/mol. The smallest absolute Gasteiger partial charge is 0.318 e. The van der Waals surface area contributed by atoms with Gasteiger partial charge in [-0.25, -0.2) is 0 Å². The highest BCUT2D eigenvalue weighted by molar-refractivity contribution is 5.25. The minimum absolute atomic E-state index is 0.0867. The second-order valence-electron chi connectivity index (χ2n) is 5.72. The summed E-state index contributed by atoms with van der Waals surface area (Å²) in [4.78, 5) is 2.14. The number of aromatic nitrogens is 4. The highest BCUT2D eigenvalue weighted by Crippen LogP contribution is 2.39. The molecule has 0 aromatic carbocycles. The average molecular weight is 289 g/mol. The minimum Gasteiger partial charge on any atom is -0.408 e. The molecule has 1 unspecified atom stereocenters. The van der Waals surface area contributed by atoms with Crippen LogP contribution in [0.15, 0.2) is 22.9 Å². The summed E-state index contributed by atoms with van der Waals surface area (Å²) < 4.78 is 13.6. The Morgan fingerprint density at radius 1 is 1.29 bits per heavy atom. The molecule has 2 aromatic heterocycles. The van der Waals surface area contributed by atoms with Crippen molar-refractivity contribution in [3.63, 3.8) is 0 Å². The van der Waals surface area contributed by atoms with E-state index in [1.807, 2.05) is 16.9 Å². The second kappa shape index (κ2) is 5.48. The summed E-state index contributed by atoms with van der Waals surface area (Å²) in [5.74, 6) is 1.29. The van der Waals surface area contributed by atoms with Crippen LogP contribution in [0.1, 0.15) is 31.1 Å². The molecule has 2 fully saturated rings. The summed E-state index contributed by atoms with van der Waals surface area (Å²) >= 11 is 0. The van der Waals surface area contributed by atoms with Gasteiger partial charge < -0.3 is 14.1 Å². The lowest BCUT2D eigenvalue weighted by molar-refractivity contribution is 0.0541. The minimum atomic E-state index is 0.0867. The van der Waals surface area contributed by atoms with E-state index in [1.165, 1.54) is 12.8 Å². The van der Waals surface area contributed by atoms with Gasteiger partial charge in [0.1, 0.15) is 0 Å². The molecule has 3 heterocycles. The summed E-state index contributed by atoms with van der Waals surface area (Å²) in [6.45, 7) is 3.15. The van der Waals surface area contributed by atoms with E-state index in [2.05, 4.69) is 20.2 Å². The van der Waals surface area contributed by atoms with Crippen LogP contribution in [0.5, 0.6) is 0 Å². The first kappa shape index (κ1) is 12.8. The van der Waals surface area contributed by atoms with E-state index in [-0.39, 0.29) is 6.10 Å². The first-order chi connectivity index (χ1) is 10.4. The molecule has 0 spiro atoms. The maximum Gasteiger partial charge on any atom is 0.318 e. The van der Waals surface area contributed by atoms with Crippen molar-refractivity contribution in [2.75, 3.05) is 24.6 Å². The van der Waals surface area contributed by atoms with Crippen LogP contribution in [-0.4, -0.2) is 45.8 Å². The number of nitrogens with zero attached hydrogens (tertiary/aromatic N) is 5. The lowest BCUT2D eigenvalue weighted by Gasteiger charge is -2.21. The molecule has 0 amide bonds. The zero-order valence-electron chi connectivity index (χ0n) is 11.9. The molecule has 0 N–H and O–H groups in total. The third-order valence-electron chi connectivity index (χ3n) is 3.93. The van der Waals surface area contributed by atoms with E-state index in [9.17, 15) is 0 Å². The van der Waals surface area contributed by atoms with E-state index in [4.69, 9.17) is 9.15 Å². The van der Waals surface area contributed by atoms with Crippen LogP contribution >= 0.6 is 0 Å². The Hall–Kier alpha value is -1.89. The molecular weight excluding hydrogens is 270 g/mol. The van der Waals surface area contributed by atoms with Crippen molar-refractivity contribution in [3.8, 4) is 0 Å². The average Bonchev–Trinajstić information content (AvgIpc) is 3.09. The molecule has 1 atom stereocenters. The standard InChI is InChI=1S/C14H19N5O2/c1-5-15-19(7-1)10-12-9-18(6-2-8-20-12)14-17-16-13(21-14)11-3-4-11/h1,5,7,11-12H,2-4,6,8-10H2. The maximum absolute atomic E-state index is 5.90. The summed E-state index contributed by atoms with van der Waals surface area (Å²) in [5.41, 5.74) is 0. The molecule has 0 bridgehead atoms. The van der Waals surface area contributed by atoms with E-state index < -0.39 is 0 Å². The molecule has 2 aromatic rings. The third kappa shape index (κ3) is 2.92. The molecule has 112 valence electrons. The predicted molar refractivity (Wildman–Crippen MR) is 75.1 cm³/mol. The van der Waals surface area contributed by atoms with E-state index in [1.54, 1.807) is 6.20 Å². The molecule has 7 heteroatoms. The Bertz CT molecular complexity index is 578. The van der Waals surface area contributed by atoms with Crippen LogP contribution < -0.4 is 4.90 Å². The first-order valence-corrected chi connectivity index (χ1v) is 7.56. The number of rotatable bonds is 4. The largest absolute Gasteiger partial charge is 0.408 e. The van der Waals surface area contributed by atoms with Gasteiger partial charge in [-0.2, -0.15) is 5.10 Å². The first-order valence-electron chi connectivity index (χ1n) is 7.56. The zero-order valence-corrected chi connectivity index (χ0v) is 11.9. The van der Waals surface area contributed by atoms with Crippen molar-refractivity contribution >= 4 is 6.01 Å². The highest BCUT2D eigenvalue weighted by atomic mass is 16.5. The fourth-order valence-corrected chi connectivity index (χ4v) is 2.65. The van der Waals surface area contributed by atoms with Crippen molar-refractivity contribution in [2.45, 2.75) is 37.8 Å². The van der Waals surface area contributed by atoms with Crippen LogP contribution in [0, 0.1) is 0 Å². The molecule has 4 rings (SSSR count). The summed E-state index contributed by atoms with van der Waals surface area (Å²) in [5, 5.41) is 12.6. The van der Waals surface area contributed by atoms with Crippen molar-refractivity contribution < 1.29 is 9.15 Å². The Labute approximate surface area is 122 Å². The fourth-order valence-electron chi connectivity index (χ4n) is 2.65. The van der Waals surface area contributed by atoms with Crippen molar-refractivity contribution in [1.82, 2.24) is 20.0 Å². The van der Waals surface area contributed by atoms with Gasteiger partial charge in [-0.05, 0) is 25.3 Å². The van der Waals surface area contributed by atoms with Crippen molar-refractivity contribution in [2.24, 2.45) is 0 Å². The molecule has 0 radical (unpaired) electrons.